The number of nitrogens with zero attached hydrogens (tertiary/aromatic N) is 2. The Morgan fingerprint density at radius 3 is 3.00 bits per heavy atom. The molecule has 0 saturated carbocycles. The second-order valence-corrected chi connectivity index (χ2v) is 5.43. The van der Waals surface area contributed by atoms with Gasteiger partial charge in [-0.15, -0.1) is 11.3 Å². The third-order valence-corrected chi connectivity index (χ3v) is 4.23. The van der Waals surface area contributed by atoms with Crippen LogP contribution in [0.25, 0.3) is 0 Å². The summed E-state index contributed by atoms with van der Waals surface area (Å²) in [4.78, 5) is 18.4. The lowest BCUT2D eigenvalue weighted by atomic mass is 10.1. The van der Waals surface area contributed by atoms with Crippen molar-refractivity contribution in [3.8, 4) is 0 Å². The molecular weight excluding hydrogens is 263 g/mol. The molecule has 0 N–H and O–H groups in total. The first-order chi connectivity index (χ1) is 9.27. The van der Waals surface area contributed by atoms with Crippen molar-refractivity contribution in [3.63, 3.8) is 0 Å². The molecule has 19 heavy (non-hydrogen) atoms. The molecule has 98 valence electrons. The van der Waals surface area contributed by atoms with Gasteiger partial charge in [0.1, 0.15) is 10.8 Å². The zero-order valence-electron chi connectivity index (χ0n) is 10.3. The van der Waals surface area contributed by atoms with E-state index < -0.39 is 5.82 Å². The molecule has 3 nitrogen and oxygen atoms in total. The van der Waals surface area contributed by atoms with Crippen LogP contribution in [0.2, 0.25) is 0 Å². The summed E-state index contributed by atoms with van der Waals surface area (Å²) >= 11 is 1.54. The Kier molecular flexibility index (Phi) is 3.29. The highest BCUT2D eigenvalue weighted by molar-refractivity contribution is 7.09. The minimum absolute atomic E-state index is 0.00731. The van der Waals surface area contributed by atoms with Crippen LogP contribution < -0.4 is 0 Å². The molecule has 1 amide bonds. The van der Waals surface area contributed by atoms with Crippen LogP contribution in [-0.4, -0.2) is 22.3 Å². The number of amides is 1. The van der Waals surface area contributed by atoms with Gasteiger partial charge in [0.2, 0.25) is 0 Å². The molecule has 5 heteroatoms. The fourth-order valence-corrected chi connectivity index (χ4v) is 3.24. The van der Waals surface area contributed by atoms with Gasteiger partial charge in [-0.05, 0) is 25.0 Å². The van der Waals surface area contributed by atoms with E-state index >= 15 is 0 Å². The quantitative estimate of drug-likeness (QED) is 0.843. The zero-order valence-corrected chi connectivity index (χ0v) is 11.1. The topological polar surface area (TPSA) is 33.2 Å². The van der Waals surface area contributed by atoms with Crippen molar-refractivity contribution in [2.75, 3.05) is 6.54 Å². The van der Waals surface area contributed by atoms with E-state index in [-0.39, 0.29) is 17.5 Å². The number of thiazole rings is 1. The van der Waals surface area contributed by atoms with Gasteiger partial charge >= 0.3 is 0 Å². The van der Waals surface area contributed by atoms with Crippen LogP contribution in [0.5, 0.6) is 0 Å². The van der Waals surface area contributed by atoms with E-state index in [1.54, 1.807) is 34.6 Å². The van der Waals surface area contributed by atoms with Gasteiger partial charge < -0.3 is 4.90 Å². The summed E-state index contributed by atoms with van der Waals surface area (Å²) in [7, 11) is 0. The lowest BCUT2D eigenvalue weighted by Crippen LogP contribution is -2.31. The molecule has 1 saturated heterocycles. The Morgan fingerprint density at radius 1 is 1.42 bits per heavy atom. The largest absolute Gasteiger partial charge is 0.329 e. The first-order valence-corrected chi connectivity index (χ1v) is 7.10. The van der Waals surface area contributed by atoms with E-state index in [1.165, 1.54) is 12.1 Å². The molecule has 1 aromatic heterocycles. The van der Waals surface area contributed by atoms with Gasteiger partial charge in [-0.2, -0.15) is 0 Å². The van der Waals surface area contributed by atoms with Gasteiger partial charge in [0.25, 0.3) is 5.91 Å². The number of aromatic nitrogens is 1. The van der Waals surface area contributed by atoms with Crippen molar-refractivity contribution in [2.45, 2.75) is 18.9 Å². The van der Waals surface area contributed by atoms with E-state index in [1.807, 2.05) is 5.38 Å². The Labute approximate surface area is 114 Å². The molecule has 1 aliphatic rings. The van der Waals surface area contributed by atoms with Gasteiger partial charge in [-0.25, -0.2) is 9.37 Å². The number of rotatable bonds is 2. The van der Waals surface area contributed by atoms with Gasteiger partial charge in [0.05, 0.1) is 11.6 Å². The van der Waals surface area contributed by atoms with Crippen LogP contribution in [0.4, 0.5) is 4.39 Å². The molecule has 1 fully saturated rings. The van der Waals surface area contributed by atoms with Crippen molar-refractivity contribution in [2.24, 2.45) is 0 Å². The van der Waals surface area contributed by atoms with Crippen molar-refractivity contribution in [3.05, 3.63) is 52.2 Å². The average molecular weight is 276 g/mol. The molecule has 1 unspecified atom stereocenters. The maximum absolute atomic E-state index is 13.7. The lowest BCUT2D eigenvalue weighted by molar-refractivity contribution is 0.0730. The summed E-state index contributed by atoms with van der Waals surface area (Å²) in [5.41, 5.74) is 0.144. The number of likely N-dealkylation sites (tertiary alicyclic amines) is 1. The number of benzene rings is 1. The molecule has 0 aliphatic carbocycles. The molecule has 2 aromatic rings. The van der Waals surface area contributed by atoms with E-state index in [9.17, 15) is 9.18 Å². The van der Waals surface area contributed by atoms with Crippen LogP contribution >= 0.6 is 11.3 Å². The third-order valence-electron chi connectivity index (χ3n) is 3.35. The maximum Gasteiger partial charge on any atom is 0.257 e. The first kappa shape index (κ1) is 12.3. The Bertz CT molecular complexity index is 585. The van der Waals surface area contributed by atoms with Crippen molar-refractivity contribution in [1.29, 1.82) is 0 Å². The summed E-state index contributed by atoms with van der Waals surface area (Å²) in [6.07, 6.45) is 3.57. The van der Waals surface area contributed by atoms with E-state index in [4.69, 9.17) is 0 Å². The second-order valence-electron chi connectivity index (χ2n) is 4.51. The second kappa shape index (κ2) is 5.09. The van der Waals surface area contributed by atoms with Crippen LogP contribution in [0.15, 0.2) is 35.8 Å². The van der Waals surface area contributed by atoms with Gasteiger partial charge in [-0.3, -0.25) is 4.79 Å². The molecule has 0 bridgehead atoms. The molecule has 1 aromatic carbocycles. The summed E-state index contributed by atoms with van der Waals surface area (Å²) in [5.74, 6) is -0.701. The van der Waals surface area contributed by atoms with Crippen LogP contribution in [-0.2, 0) is 0 Å². The van der Waals surface area contributed by atoms with E-state index in [0.29, 0.717) is 6.54 Å². The normalized spacial score (nSPS) is 18.8. The van der Waals surface area contributed by atoms with E-state index in [2.05, 4.69) is 4.98 Å². The highest BCUT2D eigenvalue weighted by Crippen LogP contribution is 2.34. The Morgan fingerprint density at radius 2 is 2.26 bits per heavy atom. The Balaban J connectivity index is 1.89. The number of carbonyl (C=O) groups is 1. The van der Waals surface area contributed by atoms with Gasteiger partial charge in [0, 0.05) is 18.1 Å². The van der Waals surface area contributed by atoms with Crippen LogP contribution in [0.1, 0.15) is 34.2 Å². The summed E-state index contributed by atoms with van der Waals surface area (Å²) in [5, 5.41) is 2.83. The first-order valence-electron chi connectivity index (χ1n) is 6.22. The maximum atomic E-state index is 13.7. The van der Waals surface area contributed by atoms with Crippen molar-refractivity contribution < 1.29 is 9.18 Å². The monoisotopic (exact) mass is 276 g/mol. The number of hydrogen-bond acceptors (Lipinski definition) is 3. The standard InChI is InChI=1S/C14H13FN2OS/c15-11-5-2-1-4-10(11)14(18)17-8-3-6-12(17)13-16-7-9-19-13/h1-2,4-5,7,9,12H,3,6,8H2. The van der Waals surface area contributed by atoms with Crippen molar-refractivity contribution in [1.82, 2.24) is 9.88 Å². The molecule has 2 heterocycles. The van der Waals surface area contributed by atoms with Crippen LogP contribution in [0.3, 0.4) is 0 Å². The molecule has 3 rings (SSSR count). The summed E-state index contributed by atoms with van der Waals surface area (Å²) < 4.78 is 13.7. The smallest absolute Gasteiger partial charge is 0.257 e. The molecule has 0 spiro atoms. The van der Waals surface area contributed by atoms with Crippen LogP contribution in [0, 0.1) is 5.82 Å². The minimum Gasteiger partial charge on any atom is -0.329 e. The predicted molar refractivity (Wildman–Crippen MR) is 71.5 cm³/mol. The molecule has 1 atom stereocenters. The number of halogens is 1. The predicted octanol–water partition coefficient (Wildman–Crippen LogP) is 3.26. The van der Waals surface area contributed by atoms with Gasteiger partial charge in [-0.1, -0.05) is 12.1 Å². The van der Waals surface area contributed by atoms with Crippen molar-refractivity contribution >= 4 is 17.2 Å². The van der Waals surface area contributed by atoms with Gasteiger partial charge in [0.15, 0.2) is 0 Å². The number of carbonyl (C=O) groups excluding carboxylic acids is 1. The molecule has 1 aliphatic heterocycles. The third kappa shape index (κ3) is 2.26. The minimum atomic E-state index is -0.461. The Hall–Kier alpha value is -1.75. The SMILES string of the molecule is O=C(c1ccccc1F)N1CCCC1c1nccs1. The highest BCUT2D eigenvalue weighted by atomic mass is 32.1. The number of hydrogen-bond donors (Lipinski definition) is 0. The van der Waals surface area contributed by atoms with E-state index in [0.717, 1.165) is 17.8 Å². The fraction of sp³-hybridized carbons (Fsp3) is 0.286. The fourth-order valence-electron chi connectivity index (χ4n) is 2.45. The summed E-state index contributed by atoms with van der Waals surface area (Å²) in [6, 6.07) is 6.13. The molecule has 0 radical (unpaired) electrons. The average Bonchev–Trinajstić information content (AvgIpc) is 3.09. The summed E-state index contributed by atoms with van der Waals surface area (Å²) in [6.45, 7) is 0.664. The zero-order chi connectivity index (χ0) is 13.2. The lowest BCUT2D eigenvalue weighted by Gasteiger charge is -2.23. The molecular formula is C14H13FN2OS. The highest BCUT2D eigenvalue weighted by Gasteiger charge is 2.32.